The lowest BCUT2D eigenvalue weighted by Gasteiger charge is -2.12. The van der Waals surface area contributed by atoms with Crippen LogP contribution in [-0.4, -0.2) is 30.4 Å². The summed E-state index contributed by atoms with van der Waals surface area (Å²) in [6.07, 6.45) is 1.72. The Bertz CT molecular complexity index is 306. The van der Waals surface area contributed by atoms with Crippen LogP contribution in [0.5, 0.6) is 0 Å². The number of rotatable bonds is 5. The predicted molar refractivity (Wildman–Crippen MR) is 60.5 cm³/mol. The molecule has 0 saturated carbocycles. The van der Waals surface area contributed by atoms with Crippen molar-refractivity contribution in [1.29, 1.82) is 0 Å². The molecule has 0 bridgehead atoms. The third-order valence-corrected chi connectivity index (χ3v) is 3.10. The molecular weight excluding hydrogens is 212 g/mol. The molecule has 0 saturated heterocycles. The molecule has 0 spiro atoms. The Morgan fingerprint density at radius 3 is 3.00 bits per heavy atom. The van der Waals surface area contributed by atoms with Crippen LogP contribution < -0.4 is 5.73 Å². The number of carbonyl (C=O) groups is 1. The van der Waals surface area contributed by atoms with Gasteiger partial charge in [-0.25, -0.2) is 0 Å². The zero-order chi connectivity index (χ0) is 11.1. The van der Waals surface area contributed by atoms with Crippen LogP contribution in [0.3, 0.4) is 0 Å². The van der Waals surface area contributed by atoms with Crippen LogP contribution in [0.4, 0.5) is 0 Å². The molecule has 0 aliphatic heterocycles. The van der Waals surface area contributed by atoms with Crippen LogP contribution >= 0.6 is 11.8 Å². The topological polar surface area (TPSA) is 65.2 Å². The minimum Gasteiger partial charge on any atom is -0.468 e. The number of nitrogens with zero attached hydrogens (tertiary/aromatic N) is 1. The molecule has 0 radical (unpaired) electrons. The third kappa shape index (κ3) is 3.89. The molecule has 5 heteroatoms. The summed E-state index contributed by atoms with van der Waals surface area (Å²) in [4.78, 5) is 15.2. The number of aromatic nitrogens is 1. The maximum Gasteiger partial charge on any atom is 0.315 e. The number of methoxy groups -OCH3 is 1. The Kier molecular flexibility index (Phi) is 5.14. The molecule has 1 aromatic heterocycles. The van der Waals surface area contributed by atoms with Gasteiger partial charge in [0.05, 0.1) is 23.8 Å². The molecule has 82 valence electrons. The van der Waals surface area contributed by atoms with E-state index in [9.17, 15) is 4.79 Å². The van der Waals surface area contributed by atoms with E-state index in [1.165, 1.54) is 18.9 Å². The van der Waals surface area contributed by atoms with E-state index in [0.29, 0.717) is 12.3 Å². The van der Waals surface area contributed by atoms with Crippen molar-refractivity contribution in [2.75, 3.05) is 19.4 Å². The number of hydrogen-bond donors (Lipinski definition) is 1. The van der Waals surface area contributed by atoms with E-state index >= 15 is 0 Å². The smallest absolute Gasteiger partial charge is 0.315 e. The van der Waals surface area contributed by atoms with Crippen molar-refractivity contribution < 1.29 is 9.53 Å². The fourth-order valence-corrected chi connectivity index (χ4v) is 1.97. The Balaban J connectivity index is 2.53. The van der Waals surface area contributed by atoms with Crippen molar-refractivity contribution >= 4 is 17.7 Å². The summed E-state index contributed by atoms with van der Waals surface area (Å²) in [6, 6.07) is 5.66. The van der Waals surface area contributed by atoms with Gasteiger partial charge >= 0.3 is 5.97 Å². The van der Waals surface area contributed by atoms with E-state index in [1.54, 1.807) is 6.20 Å². The second-order valence-corrected chi connectivity index (χ2v) is 4.06. The fourth-order valence-electron chi connectivity index (χ4n) is 1.07. The number of hydrogen-bond acceptors (Lipinski definition) is 5. The highest BCUT2D eigenvalue weighted by Gasteiger charge is 2.13. The van der Waals surface area contributed by atoms with E-state index in [2.05, 4.69) is 9.72 Å². The number of carbonyl (C=O) groups excluding carboxylic acids is 1. The highest BCUT2D eigenvalue weighted by Crippen LogP contribution is 2.25. The molecule has 1 unspecified atom stereocenters. The molecule has 2 N–H and O–H groups in total. The molecule has 0 aliphatic rings. The molecule has 4 nitrogen and oxygen atoms in total. The largest absolute Gasteiger partial charge is 0.468 e. The summed E-state index contributed by atoms with van der Waals surface area (Å²) in [7, 11) is 1.38. The second kappa shape index (κ2) is 6.42. The van der Waals surface area contributed by atoms with Crippen LogP contribution in [0.15, 0.2) is 24.4 Å². The molecule has 1 atom stereocenters. The molecule has 1 heterocycles. The monoisotopic (exact) mass is 226 g/mol. The van der Waals surface area contributed by atoms with E-state index < -0.39 is 0 Å². The van der Waals surface area contributed by atoms with Gasteiger partial charge in [0.15, 0.2) is 0 Å². The van der Waals surface area contributed by atoms with Crippen molar-refractivity contribution in [2.45, 2.75) is 5.25 Å². The highest BCUT2D eigenvalue weighted by molar-refractivity contribution is 8.00. The van der Waals surface area contributed by atoms with E-state index in [1.807, 2.05) is 18.2 Å². The van der Waals surface area contributed by atoms with Gasteiger partial charge in [0.25, 0.3) is 0 Å². The van der Waals surface area contributed by atoms with Crippen LogP contribution in [-0.2, 0) is 9.53 Å². The first kappa shape index (κ1) is 12.0. The first-order valence-electron chi connectivity index (χ1n) is 4.57. The first-order chi connectivity index (χ1) is 7.27. The molecule has 0 aromatic carbocycles. The van der Waals surface area contributed by atoms with Gasteiger partial charge in [-0.15, -0.1) is 11.8 Å². The van der Waals surface area contributed by atoms with Gasteiger partial charge in [0.1, 0.15) is 0 Å². The van der Waals surface area contributed by atoms with Gasteiger partial charge < -0.3 is 10.5 Å². The lowest BCUT2D eigenvalue weighted by molar-refractivity contribution is -0.137. The molecule has 1 aromatic rings. The van der Waals surface area contributed by atoms with Gasteiger partial charge in [-0.05, 0) is 12.1 Å². The summed E-state index contributed by atoms with van der Waals surface area (Å²) in [5.74, 6) is 0.0592. The number of ether oxygens (including phenoxy) is 1. The summed E-state index contributed by atoms with van der Waals surface area (Å²) in [6.45, 7) is 0.457. The van der Waals surface area contributed by atoms with Gasteiger partial charge in [-0.2, -0.15) is 0 Å². The lowest BCUT2D eigenvalue weighted by Crippen LogP contribution is -2.13. The molecule has 1 rings (SSSR count). The van der Waals surface area contributed by atoms with Crippen LogP contribution in [0.1, 0.15) is 10.9 Å². The molecule has 0 fully saturated rings. The second-order valence-electron chi connectivity index (χ2n) is 2.87. The Morgan fingerprint density at radius 1 is 1.67 bits per heavy atom. The van der Waals surface area contributed by atoms with Crippen LogP contribution in [0, 0.1) is 0 Å². The maximum atomic E-state index is 11.0. The van der Waals surface area contributed by atoms with Crippen LogP contribution in [0.25, 0.3) is 0 Å². The average Bonchev–Trinajstić information content (AvgIpc) is 2.31. The summed E-state index contributed by atoms with van der Waals surface area (Å²) < 4.78 is 4.56. The first-order valence-corrected chi connectivity index (χ1v) is 5.62. The number of esters is 1. The maximum absolute atomic E-state index is 11.0. The van der Waals surface area contributed by atoms with Crippen molar-refractivity contribution in [2.24, 2.45) is 5.73 Å². The van der Waals surface area contributed by atoms with E-state index in [-0.39, 0.29) is 11.2 Å². The molecular formula is C10H14N2O2S. The van der Waals surface area contributed by atoms with Crippen molar-refractivity contribution in [3.05, 3.63) is 30.1 Å². The number of pyridine rings is 1. The van der Waals surface area contributed by atoms with Gasteiger partial charge in [-0.3, -0.25) is 9.78 Å². The van der Waals surface area contributed by atoms with E-state index in [0.717, 1.165) is 5.69 Å². The quantitative estimate of drug-likeness (QED) is 0.758. The predicted octanol–water partition coefficient (Wildman–Crippen LogP) is 0.988. The SMILES string of the molecule is COC(=O)CSC(CN)c1ccccn1. The van der Waals surface area contributed by atoms with Gasteiger partial charge in [-0.1, -0.05) is 6.07 Å². The number of nitrogens with two attached hydrogens (primary N) is 1. The Morgan fingerprint density at radius 2 is 2.47 bits per heavy atom. The Labute approximate surface area is 93.2 Å². The average molecular weight is 226 g/mol. The summed E-state index contributed by atoms with van der Waals surface area (Å²) in [5.41, 5.74) is 6.52. The zero-order valence-electron chi connectivity index (χ0n) is 8.55. The van der Waals surface area contributed by atoms with Crippen molar-refractivity contribution in [1.82, 2.24) is 4.98 Å². The minimum atomic E-state index is -0.241. The van der Waals surface area contributed by atoms with Gasteiger partial charge in [0.2, 0.25) is 0 Å². The standard InChI is InChI=1S/C10H14N2O2S/c1-14-10(13)7-15-9(6-11)8-4-2-3-5-12-8/h2-5,9H,6-7,11H2,1H3. The number of thioether (sulfide) groups is 1. The van der Waals surface area contributed by atoms with Gasteiger partial charge in [0, 0.05) is 12.7 Å². The Hall–Kier alpha value is -1.07. The normalized spacial score (nSPS) is 12.1. The van der Waals surface area contributed by atoms with Crippen LogP contribution in [0.2, 0.25) is 0 Å². The lowest BCUT2D eigenvalue weighted by atomic mass is 10.3. The summed E-state index contributed by atoms with van der Waals surface area (Å²) >= 11 is 1.45. The highest BCUT2D eigenvalue weighted by atomic mass is 32.2. The molecule has 15 heavy (non-hydrogen) atoms. The molecule has 0 aliphatic carbocycles. The third-order valence-electron chi connectivity index (χ3n) is 1.86. The zero-order valence-corrected chi connectivity index (χ0v) is 9.37. The summed E-state index contributed by atoms with van der Waals surface area (Å²) in [5, 5.41) is 0.0466. The van der Waals surface area contributed by atoms with E-state index in [4.69, 9.17) is 5.73 Å². The molecule has 0 amide bonds. The fraction of sp³-hybridized carbons (Fsp3) is 0.400. The van der Waals surface area contributed by atoms with Crippen molar-refractivity contribution in [3.63, 3.8) is 0 Å². The minimum absolute atomic E-state index is 0.0466. The van der Waals surface area contributed by atoms with Crippen molar-refractivity contribution in [3.8, 4) is 0 Å².